The summed E-state index contributed by atoms with van der Waals surface area (Å²) in [5.74, 6) is 0.925. The molecule has 1 atom stereocenters. The summed E-state index contributed by atoms with van der Waals surface area (Å²) >= 11 is 0. The Morgan fingerprint density at radius 3 is 2.56 bits per heavy atom. The largest absolute Gasteiger partial charge is 0.491 e. The highest BCUT2D eigenvalue weighted by Crippen LogP contribution is 2.15. The third kappa shape index (κ3) is 4.47. The number of hydrogen-bond acceptors (Lipinski definition) is 2. The molecule has 0 aromatic heterocycles. The van der Waals surface area contributed by atoms with E-state index in [0.29, 0.717) is 6.42 Å². The molecule has 0 saturated carbocycles. The maximum absolute atomic E-state index is 10.2. The van der Waals surface area contributed by atoms with Gasteiger partial charge in [0.25, 0.3) is 0 Å². The van der Waals surface area contributed by atoms with Gasteiger partial charge in [-0.1, -0.05) is 19.1 Å². The maximum atomic E-state index is 10.2. The van der Waals surface area contributed by atoms with Crippen LogP contribution in [0, 0.1) is 0 Å². The predicted octanol–water partition coefficient (Wildman–Crippen LogP) is 3.39. The first-order valence-electron chi connectivity index (χ1n) is 5.95. The molecule has 2 heteroatoms. The van der Waals surface area contributed by atoms with Gasteiger partial charge in [-0.2, -0.15) is 0 Å². The highest BCUT2D eigenvalue weighted by molar-refractivity contribution is 5.49. The smallest absolute Gasteiger partial charge is 0.120 e. The first-order chi connectivity index (χ1) is 7.76. The number of rotatable bonds is 7. The van der Waals surface area contributed by atoms with Crippen molar-refractivity contribution in [2.24, 2.45) is 0 Å². The third-order valence-corrected chi connectivity index (χ3v) is 2.62. The Balaban J connectivity index is 2.44. The van der Waals surface area contributed by atoms with Gasteiger partial charge in [0, 0.05) is 6.42 Å². The fraction of sp³-hybridized carbons (Fsp3) is 0.500. The van der Waals surface area contributed by atoms with E-state index in [1.807, 2.05) is 12.1 Å². The molecule has 0 amide bonds. The van der Waals surface area contributed by atoms with Gasteiger partial charge in [-0.3, -0.25) is 0 Å². The number of carbonyl (C=O) groups is 1. The number of benzene rings is 1. The summed E-state index contributed by atoms with van der Waals surface area (Å²) in [5, 5.41) is 0. The second-order valence-corrected chi connectivity index (χ2v) is 4.04. The molecule has 0 radical (unpaired) electrons. The number of unbranched alkanes of at least 4 members (excludes halogenated alkanes) is 1. The number of hydrogen-bond donors (Lipinski definition) is 0. The molecular formula is C14H20O2. The summed E-state index contributed by atoms with van der Waals surface area (Å²) < 4.78 is 5.69. The van der Waals surface area contributed by atoms with Gasteiger partial charge in [-0.25, -0.2) is 0 Å². The van der Waals surface area contributed by atoms with E-state index in [-0.39, 0.29) is 6.10 Å². The summed E-state index contributed by atoms with van der Waals surface area (Å²) in [6.45, 7) is 4.18. The van der Waals surface area contributed by atoms with Crippen molar-refractivity contribution in [2.75, 3.05) is 0 Å². The van der Waals surface area contributed by atoms with E-state index in [4.69, 9.17) is 4.74 Å². The molecule has 1 aromatic carbocycles. The lowest BCUT2D eigenvalue weighted by molar-refractivity contribution is -0.107. The number of ether oxygens (including phenoxy) is 1. The molecule has 1 rings (SSSR count). The molecule has 1 aromatic rings. The van der Waals surface area contributed by atoms with Crippen LogP contribution in [0.3, 0.4) is 0 Å². The number of carbonyl (C=O) groups excluding carboxylic acids is 1. The highest BCUT2D eigenvalue weighted by atomic mass is 16.5. The molecule has 0 saturated heterocycles. The second kappa shape index (κ2) is 7.04. The summed E-state index contributed by atoms with van der Waals surface area (Å²) in [4.78, 5) is 10.2. The minimum absolute atomic E-state index is 0.265. The zero-order chi connectivity index (χ0) is 11.8. The predicted molar refractivity (Wildman–Crippen MR) is 65.8 cm³/mol. The second-order valence-electron chi connectivity index (χ2n) is 4.04. The van der Waals surface area contributed by atoms with Gasteiger partial charge in [0.1, 0.15) is 12.0 Å². The Labute approximate surface area is 97.6 Å². The Kier molecular flexibility index (Phi) is 5.62. The number of aldehydes is 1. The molecule has 2 nitrogen and oxygen atoms in total. The first kappa shape index (κ1) is 12.8. The summed E-state index contributed by atoms with van der Waals surface area (Å²) in [6.07, 6.45) is 4.78. The molecule has 0 heterocycles. The molecular weight excluding hydrogens is 200 g/mol. The fourth-order valence-corrected chi connectivity index (χ4v) is 1.44. The van der Waals surface area contributed by atoms with Gasteiger partial charge < -0.3 is 9.53 Å². The van der Waals surface area contributed by atoms with Crippen LogP contribution < -0.4 is 4.74 Å². The van der Waals surface area contributed by atoms with E-state index >= 15 is 0 Å². The van der Waals surface area contributed by atoms with Crippen molar-refractivity contribution in [3.63, 3.8) is 0 Å². The van der Waals surface area contributed by atoms with E-state index in [1.54, 1.807) is 0 Å². The molecule has 0 bridgehead atoms. The Bertz CT molecular complexity index is 303. The Morgan fingerprint density at radius 1 is 1.31 bits per heavy atom. The van der Waals surface area contributed by atoms with Crippen LogP contribution in [0.4, 0.5) is 0 Å². The zero-order valence-electron chi connectivity index (χ0n) is 10.1. The van der Waals surface area contributed by atoms with Crippen molar-refractivity contribution in [3.05, 3.63) is 29.8 Å². The lowest BCUT2D eigenvalue weighted by atomic mass is 10.1. The van der Waals surface area contributed by atoms with Gasteiger partial charge in [0.05, 0.1) is 6.10 Å². The highest BCUT2D eigenvalue weighted by Gasteiger charge is 2.00. The number of aryl methyl sites for hydroxylation is 1. The summed E-state index contributed by atoms with van der Waals surface area (Å²) in [6, 6.07) is 8.15. The molecule has 0 spiro atoms. The minimum atomic E-state index is 0.265. The average molecular weight is 220 g/mol. The molecule has 1 unspecified atom stereocenters. The molecule has 0 N–H and O–H groups in total. The van der Waals surface area contributed by atoms with Gasteiger partial charge in [0.2, 0.25) is 0 Å². The average Bonchev–Trinajstić information content (AvgIpc) is 2.31. The van der Waals surface area contributed by atoms with E-state index in [1.165, 1.54) is 5.56 Å². The molecule has 0 aliphatic rings. The summed E-state index contributed by atoms with van der Waals surface area (Å²) in [5.41, 5.74) is 1.26. The van der Waals surface area contributed by atoms with Gasteiger partial charge in [-0.15, -0.1) is 0 Å². The van der Waals surface area contributed by atoms with Crippen molar-refractivity contribution in [2.45, 2.75) is 45.6 Å². The van der Waals surface area contributed by atoms with Crippen LogP contribution in [0.1, 0.15) is 38.7 Å². The van der Waals surface area contributed by atoms with Crippen molar-refractivity contribution < 1.29 is 9.53 Å². The van der Waals surface area contributed by atoms with Crippen molar-refractivity contribution >= 4 is 6.29 Å². The minimum Gasteiger partial charge on any atom is -0.491 e. The maximum Gasteiger partial charge on any atom is 0.120 e. The van der Waals surface area contributed by atoms with E-state index in [2.05, 4.69) is 26.0 Å². The van der Waals surface area contributed by atoms with E-state index < -0.39 is 0 Å². The van der Waals surface area contributed by atoms with Gasteiger partial charge >= 0.3 is 0 Å². The van der Waals surface area contributed by atoms with Crippen LogP contribution in [0.2, 0.25) is 0 Å². The zero-order valence-corrected chi connectivity index (χ0v) is 10.1. The standard InChI is InChI=1S/C14H20O2/c1-3-12(2)16-14-9-7-13(8-10-14)6-4-5-11-15/h7-12H,3-6H2,1-2H3. The van der Waals surface area contributed by atoms with Crippen LogP contribution in [0.25, 0.3) is 0 Å². The molecule has 0 aliphatic heterocycles. The van der Waals surface area contributed by atoms with Crippen molar-refractivity contribution in [3.8, 4) is 5.75 Å². The SMILES string of the molecule is CCC(C)Oc1ccc(CCCC=O)cc1. The fourth-order valence-electron chi connectivity index (χ4n) is 1.44. The summed E-state index contributed by atoms with van der Waals surface area (Å²) in [7, 11) is 0. The van der Waals surface area contributed by atoms with E-state index in [9.17, 15) is 4.79 Å². The van der Waals surface area contributed by atoms with E-state index in [0.717, 1.165) is 31.3 Å². The Hall–Kier alpha value is -1.31. The lowest BCUT2D eigenvalue weighted by Gasteiger charge is -2.12. The first-order valence-corrected chi connectivity index (χ1v) is 5.95. The van der Waals surface area contributed by atoms with Crippen LogP contribution in [-0.2, 0) is 11.2 Å². The van der Waals surface area contributed by atoms with Gasteiger partial charge in [-0.05, 0) is 43.9 Å². The van der Waals surface area contributed by atoms with Crippen LogP contribution in [0.5, 0.6) is 5.75 Å². The molecule has 0 fully saturated rings. The van der Waals surface area contributed by atoms with Crippen molar-refractivity contribution in [1.82, 2.24) is 0 Å². The van der Waals surface area contributed by atoms with Crippen LogP contribution in [0.15, 0.2) is 24.3 Å². The lowest BCUT2D eigenvalue weighted by Crippen LogP contribution is -2.09. The van der Waals surface area contributed by atoms with Crippen molar-refractivity contribution in [1.29, 1.82) is 0 Å². The van der Waals surface area contributed by atoms with Gasteiger partial charge in [0.15, 0.2) is 0 Å². The monoisotopic (exact) mass is 220 g/mol. The normalized spacial score (nSPS) is 12.1. The topological polar surface area (TPSA) is 26.3 Å². The molecule has 88 valence electrons. The molecule has 0 aliphatic carbocycles. The van der Waals surface area contributed by atoms with Crippen LogP contribution >= 0.6 is 0 Å². The van der Waals surface area contributed by atoms with Crippen LogP contribution in [-0.4, -0.2) is 12.4 Å². The third-order valence-electron chi connectivity index (χ3n) is 2.62. The quantitative estimate of drug-likeness (QED) is 0.520. The Morgan fingerprint density at radius 2 is 2.00 bits per heavy atom. The molecule has 16 heavy (non-hydrogen) atoms.